The third-order valence-electron chi connectivity index (χ3n) is 1.32. The van der Waals surface area contributed by atoms with E-state index in [1.54, 1.807) is 31.4 Å². The van der Waals surface area contributed by atoms with Crippen molar-refractivity contribution >= 4 is 10.1 Å². The van der Waals surface area contributed by atoms with E-state index >= 15 is 0 Å². The quantitative estimate of drug-likeness (QED) is 0.637. The predicted molar refractivity (Wildman–Crippen MR) is 45.7 cm³/mol. The maximum atomic E-state index is 10.8. The van der Waals surface area contributed by atoms with Crippen LogP contribution in [-0.2, 0) is 14.3 Å². The second-order valence-corrected chi connectivity index (χ2v) is 4.33. The van der Waals surface area contributed by atoms with E-state index in [2.05, 4.69) is 5.32 Å². The van der Waals surface area contributed by atoms with Crippen molar-refractivity contribution in [2.45, 2.75) is 12.6 Å². The van der Waals surface area contributed by atoms with Crippen molar-refractivity contribution in [2.75, 3.05) is 6.26 Å². The van der Waals surface area contributed by atoms with E-state index in [-0.39, 0.29) is 0 Å². The second kappa shape index (κ2) is 2.91. The SMILES string of the molecule is CC1(OS(C)(=O)=O)C=CC=CN1. The van der Waals surface area contributed by atoms with Gasteiger partial charge in [-0.2, -0.15) is 8.42 Å². The highest BCUT2D eigenvalue weighted by Crippen LogP contribution is 2.14. The summed E-state index contributed by atoms with van der Waals surface area (Å²) in [5.74, 6) is 0. The van der Waals surface area contributed by atoms with Gasteiger partial charge in [-0.3, -0.25) is 0 Å². The lowest BCUT2D eigenvalue weighted by molar-refractivity contribution is 0.127. The normalized spacial score (nSPS) is 28.5. The Labute approximate surface area is 72.0 Å². The summed E-state index contributed by atoms with van der Waals surface area (Å²) in [4.78, 5) is 0. The maximum Gasteiger partial charge on any atom is 0.266 e. The fourth-order valence-corrected chi connectivity index (χ4v) is 1.66. The molecule has 0 amide bonds. The van der Waals surface area contributed by atoms with Gasteiger partial charge in [0.2, 0.25) is 0 Å². The van der Waals surface area contributed by atoms with Crippen LogP contribution in [0.2, 0.25) is 0 Å². The zero-order chi connectivity index (χ0) is 9.24. The molecule has 12 heavy (non-hydrogen) atoms. The van der Waals surface area contributed by atoms with E-state index in [1.807, 2.05) is 0 Å². The molecule has 0 aromatic carbocycles. The minimum Gasteiger partial charge on any atom is -0.360 e. The average Bonchev–Trinajstić information content (AvgIpc) is 1.83. The predicted octanol–water partition coefficient (Wildman–Crippen LogP) is 0.352. The van der Waals surface area contributed by atoms with Crippen LogP contribution in [0, 0.1) is 0 Å². The van der Waals surface area contributed by atoms with Crippen molar-refractivity contribution < 1.29 is 12.6 Å². The average molecular weight is 189 g/mol. The van der Waals surface area contributed by atoms with E-state index in [4.69, 9.17) is 4.18 Å². The molecule has 0 saturated heterocycles. The summed E-state index contributed by atoms with van der Waals surface area (Å²) in [7, 11) is -3.43. The maximum absolute atomic E-state index is 10.8. The summed E-state index contributed by atoms with van der Waals surface area (Å²) in [5.41, 5.74) is -0.942. The minimum atomic E-state index is -3.43. The number of hydrogen-bond acceptors (Lipinski definition) is 4. The Morgan fingerprint density at radius 2 is 2.08 bits per heavy atom. The lowest BCUT2D eigenvalue weighted by atomic mass is 10.2. The molecule has 1 N–H and O–H groups in total. The Morgan fingerprint density at radius 1 is 1.42 bits per heavy atom. The Hall–Kier alpha value is -0.810. The third kappa shape index (κ3) is 2.67. The molecule has 1 rings (SSSR count). The summed E-state index contributed by atoms with van der Waals surface area (Å²) in [5, 5.41) is 2.78. The van der Waals surface area contributed by atoms with Crippen LogP contribution in [0.25, 0.3) is 0 Å². The van der Waals surface area contributed by atoms with Gasteiger partial charge in [-0.25, -0.2) is 4.18 Å². The first-order valence-electron chi connectivity index (χ1n) is 3.44. The number of allylic oxidation sites excluding steroid dienone is 2. The van der Waals surface area contributed by atoms with Crippen LogP contribution in [0.5, 0.6) is 0 Å². The van der Waals surface area contributed by atoms with Crippen LogP contribution in [-0.4, -0.2) is 20.4 Å². The van der Waals surface area contributed by atoms with Gasteiger partial charge >= 0.3 is 0 Å². The largest absolute Gasteiger partial charge is 0.360 e. The molecule has 0 aromatic rings. The van der Waals surface area contributed by atoms with Crippen molar-refractivity contribution in [1.29, 1.82) is 0 Å². The van der Waals surface area contributed by atoms with Gasteiger partial charge in [0.25, 0.3) is 10.1 Å². The number of hydrogen-bond donors (Lipinski definition) is 1. The van der Waals surface area contributed by atoms with Crippen LogP contribution in [0.3, 0.4) is 0 Å². The van der Waals surface area contributed by atoms with E-state index < -0.39 is 15.8 Å². The fraction of sp³-hybridized carbons (Fsp3) is 0.429. The molecule has 0 aromatic heterocycles. The molecule has 4 nitrogen and oxygen atoms in total. The third-order valence-corrected chi connectivity index (χ3v) is 1.96. The van der Waals surface area contributed by atoms with Crippen molar-refractivity contribution in [3.8, 4) is 0 Å². The topological polar surface area (TPSA) is 55.4 Å². The first-order valence-corrected chi connectivity index (χ1v) is 5.26. The van der Waals surface area contributed by atoms with E-state index in [1.165, 1.54) is 0 Å². The minimum absolute atomic E-state index is 0.942. The standard InChI is InChI=1S/C7H11NO3S/c1-7(11-12(2,9)10)5-3-4-6-8-7/h3-6,8H,1-2H3. The van der Waals surface area contributed by atoms with Gasteiger partial charge in [0.15, 0.2) is 5.72 Å². The summed E-state index contributed by atoms with van der Waals surface area (Å²) >= 11 is 0. The highest BCUT2D eigenvalue weighted by Gasteiger charge is 2.25. The van der Waals surface area contributed by atoms with Crippen LogP contribution in [0.4, 0.5) is 0 Å². The lowest BCUT2D eigenvalue weighted by Gasteiger charge is -2.26. The van der Waals surface area contributed by atoms with Crippen molar-refractivity contribution in [1.82, 2.24) is 5.32 Å². The molecule has 1 aliphatic heterocycles. The first kappa shape index (κ1) is 9.28. The van der Waals surface area contributed by atoms with Crippen molar-refractivity contribution in [3.05, 3.63) is 24.4 Å². The van der Waals surface area contributed by atoms with E-state index in [0.29, 0.717) is 0 Å². The van der Waals surface area contributed by atoms with Crippen LogP contribution < -0.4 is 5.32 Å². The van der Waals surface area contributed by atoms with E-state index in [0.717, 1.165) is 6.26 Å². The second-order valence-electron chi connectivity index (χ2n) is 2.76. The van der Waals surface area contributed by atoms with Gasteiger partial charge in [-0.15, -0.1) is 0 Å². The van der Waals surface area contributed by atoms with Gasteiger partial charge in [0, 0.05) is 0 Å². The van der Waals surface area contributed by atoms with Gasteiger partial charge < -0.3 is 5.32 Å². The smallest absolute Gasteiger partial charge is 0.266 e. The van der Waals surface area contributed by atoms with Crippen LogP contribution in [0.15, 0.2) is 24.4 Å². The molecule has 0 aliphatic carbocycles. The monoisotopic (exact) mass is 189 g/mol. The molecule has 0 radical (unpaired) electrons. The molecule has 1 atom stereocenters. The fourth-order valence-electron chi connectivity index (χ4n) is 0.923. The summed E-state index contributed by atoms with van der Waals surface area (Å²) in [6.45, 7) is 1.63. The van der Waals surface area contributed by atoms with Gasteiger partial charge in [0.05, 0.1) is 6.26 Å². The molecule has 68 valence electrons. The molecule has 1 unspecified atom stereocenters. The lowest BCUT2D eigenvalue weighted by Crippen LogP contribution is -2.42. The van der Waals surface area contributed by atoms with E-state index in [9.17, 15) is 8.42 Å². The molecule has 1 heterocycles. The van der Waals surface area contributed by atoms with Crippen molar-refractivity contribution in [2.24, 2.45) is 0 Å². The summed E-state index contributed by atoms with van der Waals surface area (Å²) in [6, 6.07) is 0. The van der Waals surface area contributed by atoms with Gasteiger partial charge in [-0.1, -0.05) is 6.08 Å². The number of nitrogens with one attached hydrogen (secondary N) is 1. The van der Waals surface area contributed by atoms with Gasteiger partial charge in [0.1, 0.15) is 0 Å². The Kier molecular flexibility index (Phi) is 2.25. The molecule has 1 aliphatic rings. The molecule has 0 saturated carbocycles. The molecular formula is C7H11NO3S. The Balaban J connectivity index is 2.75. The highest BCUT2D eigenvalue weighted by molar-refractivity contribution is 7.86. The summed E-state index contributed by atoms with van der Waals surface area (Å²) < 4.78 is 26.4. The Bertz CT molecular complexity index is 318. The summed E-state index contributed by atoms with van der Waals surface area (Å²) in [6.07, 6.45) is 7.76. The molecule has 5 heteroatoms. The van der Waals surface area contributed by atoms with Crippen molar-refractivity contribution in [3.63, 3.8) is 0 Å². The van der Waals surface area contributed by atoms with Crippen LogP contribution in [0.1, 0.15) is 6.92 Å². The first-order chi connectivity index (χ1) is 5.41. The Morgan fingerprint density at radius 3 is 2.50 bits per heavy atom. The molecule has 0 bridgehead atoms. The zero-order valence-electron chi connectivity index (χ0n) is 6.94. The molecular weight excluding hydrogens is 178 g/mol. The zero-order valence-corrected chi connectivity index (χ0v) is 7.76. The molecule has 0 spiro atoms. The molecule has 0 fully saturated rings. The van der Waals surface area contributed by atoms with Crippen LogP contribution >= 0.6 is 0 Å². The van der Waals surface area contributed by atoms with Gasteiger partial charge in [-0.05, 0) is 25.3 Å². The highest BCUT2D eigenvalue weighted by atomic mass is 32.2. The number of dihydropyridines is 1. The number of rotatable bonds is 2.